The van der Waals surface area contributed by atoms with Crippen LogP contribution in [0, 0.1) is 20.4 Å². The van der Waals surface area contributed by atoms with Gasteiger partial charge in [-0.05, 0) is 43.2 Å². The van der Waals surface area contributed by atoms with Crippen molar-refractivity contribution in [3.8, 4) is 11.3 Å². The lowest BCUT2D eigenvalue weighted by molar-refractivity contribution is 0.0696. The summed E-state index contributed by atoms with van der Waals surface area (Å²) in [6.07, 6.45) is 0. The molecule has 2 aromatic rings. The minimum absolute atomic E-state index is 0.201. The van der Waals surface area contributed by atoms with Crippen LogP contribution in [0.1, 0.15) is 21.6 Å². The Morgan fingerprint density at radius 2 is 2.00 bits per heavy atom. The molecule has 0 amide bonds. The van der Waals surface area contributed by atoms with Crippen LogP contribution >= 0.6 is 0 Å². The second kappa shape index (κ2) is 4.91. The highest BCUT2D eigenvalue weighted by Crippen LogP contribution is 2.27. The van der Waals surface area contributed by atoms with Crippen LogP contribution in [0.3, 0.4) is 0 Å². The first-order chi connectivity index (χ1) is 9.01. The predicted molar refractivity (Wildman–Crippen MR) is 72.4 cm³/mol. The summed E-state index contributed by atoms with van der Waals surface area (Å²) in [5.74, 6) is -0.982. The van der Waals surface area contributed by atoms with E-state index in [1.807, 2.05) is 19.1 Å². The van der Waals surface area contributed by atoms with Crippen LogP contribution in [0.15, 0.2) is 30.3 Å². The van der Waals surface area contributed by atoms with Crippen LogP contribution in [-0.4, -0.2) is 16.1 Å². The molecule has 19 heavy (non-hydrogen) atoms. The molecule has 0 spiro atoms. The summed E-state index contributed by atoms with van der Waals surface area (Å²) in [7, 11) is 0. The molecule has 94 valence electrons. The minimum atomic E-state index is -0.982. The summed E-state index contributed by atoms with van der Waals surface area (Å²) in [5.41, 5.74) is 3.61. The van der Waals surface area contributed by atoms with Gasteiger partial charge in [-0.25, -0.2) is 9.64 Å². The number of aromatic nitrogens is 1. The van der Waals surface area contributed by atoms with Crippen molar-refractivity contribution in [3.05, 3.63) is 58.6 Å². The Balaban J connectivity index is 2.59. The Bertz CT molecular complexity index is 700. The standard InChI is InChI=1S/C15H12N2O2/c1-9-4-5-11(7-13(9)16-3)14-8-12(15(18)19)6-10(2)17-14/h4-8H,1-2H3,(H,18,19). The predicted octanol–water partition coefficient (Wildman–Crippen LogP) is 3.61. The molecule has 1 aromatic carbocycles. The number of pyridine rings is 1. The van der Waals surface area contributed by atoms with E-state index in [1.165, 1.54) is 12.1 Å². The fraction of sp³-hybridized carbons (Fsp3) is 0.133. The molecular formula is C15H12N2O2. The number of carbonyl (C=O) groups is 1. The number of rotatable bonds is 2. The van der Waals surface area contributed by atoms with E-state index in [-0.39, 0.29) is 5.56 Å². The average Bonchev–Trinajstić information content (AvgIpc) is 2.38. The van der Waals surface area contributed by atoms with Gasteiger partial charge >= 0.3 is 5.97 Å². The zero-order valence-electron chi connectivity index (χ0n) is 10.6. The number of benzene rings is 1. The Morgan fingerprint density at radius 1 is 1.26 bits per heavy atom. The van der Waals surface area contributed by atoms with Crippen molar-refractivity contribution in [2.75, 3.05) is 0 Å². The van der Waals surface area contributed by atoms with Crippen molar-refractivity contribution in [2.24, 2.45) is 0 Å². The van der Waals surface area contributed by atoms with E-state index in [0.29, 0.717) is 17.1 Å². The molecule has 1 aromatic heterocycles. The molecule has 1 N–H and O–H groups in total. The van der Waals surface area contributed by atoms with Crippen molar-refractivity contribution in [3.63, 3.8) is 0 Å². The monoisotopic (exact) mass is 252 g/mol. The third kappa shape index (κ3) is 2.61. The van der Waals surface area contributed by atoms with Crippen molar-refractivity contribution in [2.45, 2.75) is 13.8 Å². The van der Waals surface area contributed by atoms with Gasteiger partial charge in [-0.15, -0.1) is 0 Å². The van der Waals surface area contributed by atoms with Gasteiger partial charge in [0.1, 0.15) is 0 Å². The number of carboxylic acid groups (broad SMARTS) is 1. The summed E-state index contributed by atoms with van der Waals surface area (Å²) in [6, 6.07) is 8.46. The number of nitrogens with zero attached hydrogens (tertiary/aromatic N) is 2. The molecule has 0 bridgehead atoms. The zero-order valence-corrected chi connectivity index (χ0v) is 10.6. The van der Waals surface area contributed by atoms with Gasteiger partial charge in [0.05, 0.1) is 17.8 Å². The molecule has 0 fully saturated rings. The molecule has 4 nitrogen and oxygen atoms in total. The Labute approximate surface area is 111 Å². The molecule has 0 aliphatic carbocycles. The third-order valence-corrected chi connectivity index (χ3v) is 2.83. The van der Waals surface area contributed by atoms with Crippen molar-refractivity contribution in [1.82, 2.24) is 4.98 Å². The van der Waals surface area contributed by atoms with Gasteiger partial charge in [0.15, 0.2) is 5.69 Å². The van der Waals surface area contributed by atoms with Gasteiger partial charge in [-0.1, -0.05) is 12.1 Å². The molecule has 2 rings (SSSR count). The SMILES string of the molecule is [C-]#[N+]c1cc(-c2cc(C(=O)O)cc(C)n2)ccc1C. The molecule has 0 saturated carbocycles. The molecule has 0 aliphatic rings. The van der Waals surface area contributed by atoms with E-state index < -0.39 is 5.97 Å². The highest BCUT2D eigenvalue weighted by atomic mass is 16.4. The lowest BCUT2D eigenvalue weighted by atomic mass is 10.0. The summed E-state index contributed by atoms with van der Waals surface area (Å²) in [5, 5.41) is 9.05. The van der Waals surface area contributed by atoms with Gasteiger partial charge in [0.25, 0.3) is 0 Å². The van der Waals surface area contributed by atoms with Crippen molar-refractivity contribution in [1.29, 1.82) is 0 Å². The van der Waals surface area contributed by atoms with Crippen molar-refractivity contribution < 1.29 is 9.90 Å². The van der Waals surface area contributed by atoms with Crippen LogP contribution in [-0.2, 0) is 0 Å². The number of hydrogen-bond acceptors (Lipinski definition) is 2. The van der Waals surface area contributed by atoms with E-state index in [4.69, 9.17) is 11.7 Å². The van der Waals surface area contributed by atoms with Gasteiger partial charge < -0.3 is 5.11 Å². The second-order valence-electron chi connectivity index (χ2n) is 4.30. The van der Waals surface area contributed by atoms with Crippen LogP contribution in [0.5, 0.6) is 0 Å². The quantitative estimate of drug-likeness (QED) is 0.830. The summed E-state index contributed by atoms with van der Waals surface area (Å²) in [4.78, 5) is 18.8. The van der Waals surface area contributed by atoms with Gasteiger partial charge in [-0.2, -0.15) is 0 Å². The molecule has 0 radical (unpaired) electrons. The van der Waals surface area contributed by atoms with Gasteiger partial charge in [-0.3, -0.25) is 4.98 Å². The van der Waals surface area contributed by atoms with E-state index in [9.17, 15) is 4.79 Å². The first-order valence-corrected chi connectivity index (χ1v) is 5.71. The first-order valence-electron chi connectivity index (χ1n) is 5.71. The van der Waals surface area contributed by atoms with E-state index >= 15 is 0 Å². The maximum Gasteiger partial charge on any atom is 0.335 e. The Hall–Kier alpha value is -2.67. The Morgan fingerprint density at radius 3 is 2.63 bits per heavy atom. The maximum absolute atomic E-state index is 11.0. The van der Waals surface area contributed by atoms with Gasteiger partial charge in [0.2, 0.25) is 0 Å². The number of hydrogen-bond donors (Lipinski definition) is 1. The summed E-state index contributed by atoms with van der Waals surface area (Å²) < 4.78 is 0. The van der Waals surface area contributed by atoms with Gasteiger partial charge in [0, 0.05) is 5.69 Å². The molecule has 0 unspecified atom stereocenters. The van der Waals surface area contributed by atoms with Crippen molar-refractivity contribution >= 4 is 11.7 Å². The van der Waals surface area contributed by atoms with Crippen LogP contribution < -0.4 is 0 Å². The lowest BCUT2D eigenvalue weighted by Gasteiger charge is -2.06. The largest absolute Gasteiger partial charge is 0.478 e. The highest BCUT2D eigenvalue weighted by molar-refractivity contribution is 5.89. The topological polar surface area (TPSA) is 54.5 Å². The molecular weight excluding hydrogens is 240 g/mol. The fourth-order valence-electron chi connectivity index (χ4n) is 1.83. The lowest BCUT2D eigenvalue weighted by Crippen LogP contribution is -1.99. The summed E-state index contributed by atoms with van der Waals surface area (Å²) in [6.45, 7) is 10.7. The average molecular weight is 252 g/mol. The smallest absolute Gasteiger partial charge is 0.335 e. The van der Waals surface area contributed by atoms with Crippen LogP contribution in [0.4, 0.5) is 5.69 Å². The molecule has 0 aliphatic heterocycles. The Kier molecular flexibility index (Phi) is 3.30. The van der Waals surface area contributed by atoms with E-state index in [2.05, 4.69) is 9.83 Å². The second-order valence-corrected chi connectivity index (χ2v) is 4.30. The number of aromatic carboxylic acids is 1. The highest BCUT2D eigenvalue weighted by Gasteiger charge is 2.09. The van der Waals surface area contributed by atoms with Crippen LogP contribution in [0.2, 0.25) is 0 Å². The van der Waals surface area contributed by atoms with E-state index in [1.54, 1.807) is 13.0 Å². The first kappa shape index (κ1) is 12.8. The fourth-order valence-corrected chi connectivity index (χ4v) is 1.83. The van der Waals surface area contributed by atoms with Crippen LogP contribution in [0.25, 0.3) is 16.1 Å². The molecule has 1 heterocycles. The maximum atomic E-state index is 11.0. The molecule has 0 atom stereocenters. The molecule has 4 heteroatoms. The normalized spacial score (nSPS) is 9.95. The number of carboxylic acids is 1. The third-order valence-electron chi connectivity index (χ3n) is 2.83. The molecule has 0 saturated heterocycles. The zero-order chi connectivity index (χ0) is 14.0. The van der Waals surface area contributed by atoms with E-state index in [0.717, 1.165) is 11.1 Å². The number of aryl methyl sites for hydroxylation is 2. The minimum Gasteiger partial charge on any atom is -0.478 e. The summed E-state index contributed by atoms with van der Waals surface area (Å²) >= 11 is 0.